The smallest absolute Gasteiger partial charge is 0.220 e. The van der Waals surface area contributed by atoms with E-state index in [9.17, 15) is 9.59 Å². The maximum atomic E-state index is 11.8. The molecular formula is C14H29N3O2. The van der Waals surface area contributed by atoms with E-state index in [4.69, 9.17) is 5.73 Å². The lowest BCUT2D eigenvalue weighted by molar-refractivity contribution is -0.123. The monoisotopic (exact) mass is 271 g/mol. The molecule has 0 saturated carbocycles. The molecule has 0 aliphatic carbocycles. The summed E-state index contributed by atoms with van der Waals surface area (Å²) in [5.74, 6) is 0.446. The lowest BCUT2D eigenvalue weighted by atomic mass is 9.90. The minimum atomic E-state index is -0.350. The zero-order valence-electron chi connectivity index (χ0n) is 12.7. The van der Waals surface area contributed by atoms with Crippen LogP contribution in [0, 0.1) is 5.92 Å². The van der Waals surface area contributed by atoms with Crippen molar-refractivity contribution >= 4 is 11.8 Å². The Morgan fingerprint density at radius 3 is 2.26 bits per heavy atom. The third kappa shape index (κ3) is 8.59. The fraction of sp³-hybridized carbons (Fsp3) is 0.857. The predicted molar refractivity (Wildman–Crippen MR) is 77.6 cm³/mol. The third-order valence-electron chi connectivity index (χ3n) is 2.93. The quantitative estimate of drug-likeness (QED) is 0.588. The molecule has 0 aliphatic heterocycles. The standard InChI is InChI=1S/C14H29N3O2/c1-5-16-12(18)7-6-8-13(19)17-14(4,10-15)9-11(2)3/h11H,5-10,15H2,1-4H3,(H,16,18)(H,17,19). The van der Waals surface area contributed by atoms with E-state index in [0.29, 0.717) is 38.3 Å². The molecule has 2 amide bonds. The first-order chi connectivity index (χ1) is 8.83. The Labute approximate surface area is 116 Å². The summed E-state index contributed by atoms with van der Waals surface area (Å²) in [6.45, 7) is 9.11. The van der Waals surface area contributed by atoms with Gasteiger partial charge in [-0.15, -0.1) is 0 Å². The number of hydrogen-bond donors (Lipinski definition) is 3. The number of carbonyl (C=O) groups is 2. The minimum absolute atomic E-state index is 0.000864. The lowest BCUT2D eigenvalue weighted by Crippen LogP contribution is -2.52. The van der Waals surface area contributed by atoms with Crippen LogP contribution in [0.1, 0.15) is 53.4 Å². The van der Waals surface area contributed by atoms with Gasteiger partial charge in [-0.25, -0.2) is 0 Å². The Morgan fingerprint density at radius 1 is 1.21 bits per heavy atom. The molecule has 0 saturated heterocycles. The van der Waals surface area contributed by atoms with Gasteiger partial charge in [0.1, 0.15) is 0 Å². The van der Waals surface area contributed by atoms with E-state index in [1.807, 2.05) is 13.8 Å². The van der Waals surface area contributed by atoms with Crippen molar-refractivity contribution in [2.45, 2.75) is 58.9 Å². The van der Waals surface area contributed by atoms with Crippen molar-refractivity contribution in [2.75, 3.05) is 13.1 Å². The van der Waals surface area contributed by atoms with Crippen molar-refractivity contribution in [3.05, 3.63) is 0 Å². The number of hydrogen-bond acceptors (Lipinski definition) is 3. The molecule has 0 radical (unpaired) electrons. The van der Waals surface area contributed by atoms with E-state index < -0.39 is 0 Å². The molecule has 1 unspecified atom stereocenters. The number of carbonyl (C=O) groups excluding carboxylic acids is 2. The highest BCUT2D eigenvalue weighted by Gasteiger charge is 2.25. The highest BCUT2D eigenvalue weighted by atomic mass is 16.2. The Morgan fingerprint density at radius 2 is 1.79 bits per heavy atom. The van der Waals surface area contributed by atoms with Crippen LogP contribution in [0.4, 0.5) is 0 Å². The summed E-state index contributed by atoms with van der Waals surface area (Å²) in [5.41, 5.74) is 5.39. The second-order valence-electron chi connectivity index (χ2n) is 5.72. The van der Waals surface area contributed by atoms with Gasteiger partial charge in [0.2, 0.25) is 11.8 Å². The topological polar surface area (TPSA) is 84.2 Å². The highest BCUT2D eigenvalue weighted by Crippen LogP contribution is 2.15. The molecule has 5 heteroatoms. The summed E-state index contributed by atoms with van der Waals surface area (Å²) in [6, 6.07) is 0. The molecule has 112 valence electrons. The third-order valence-corrected chi connectivity index (χ3v) is 2.93. The molecule has 0 aromatic carbocycles. The minimum Gasteiger partial charge on any atom is -0.356 e. The van der Waals surface area contributed by atoms with Gasteiger partial charge in [0.15, 0.2) is 0 Å². The van der Waals surface area contributed by atoms with Gasteiger partial charge in [0.05, 0.1) is 0 Å². The van der Waals surface area contributed by atoms with Crippen molar-refractivity contribution in [1.29, 1.82) is 0 Å². The summed E-state index contributed by atoms with van der Waals surface area (Å²) < 4.78 is 0. The van der Waals surface area contributed by atoms with Gasteiger partial charge < -0.3 is 16.4 Å². The van der Waals surface area contributed by atoms with Crippen LogP contribution in [0.5, 0.6) is 0 Å². The normalized spacial score (nSPS) is 14.0. The molecular weight excluding hydrogens is 242 g/mol. The Kier molecular flexibility index (Phi) is 8.39. The SMILES string of the molecule is CCNC(=O)CCCC(=O)NC(C)(CN)CC(C)C. The van der Waals surface area contributed by atoms with Gasteiger partial charge in [0.25, 0.3) is 0 Å². The summed E-state index contributed by atoms with van der Waals surface area (Å²) >= 11 is 0. The van der Waals surface area contributed by atoms with Crippen LogP contribution in [-0.2, 0) is 9.59 Å². The van der Waals surface area contributed by atoms with Gasteiger partial charge >= 0.3 is 0 Å². The molecule has 0 fully saturated rings. The van der Waals surface area contributed by atoms with Crippen LogP contribution in [0.15, 0.2) is 0 Å². The summed E-state index contributed by atoms with van der Waals surface area (Å²) in [4.78, 5) is 23.1. The van der Waals surface area contributed by atoms with Crippen LogP contribution in [0.3, 0.4) is 0 Å². The van der Waals surface area contributed by atoms with Crippen LogP contribution in [-0.4, -0.2) is 30.4 Å². The summed E-state index contributed by atoms with van der Waals surface area (Å²) in [6.07, 6.45) is 2.18. The second-order valence-corrected chi connectivity index (χ2v) is 5.72. The van der Waals surface area contributed by atoms with E-state index in [2.05, 4.69) is 24.5 Å². The van der Waals surface area contributed by atoms with Crippen LogP contribution in [0.2, 0.25) is 0 Å². The molecule has 0 heterocycles. The Bertz CT molecular complexity index is 292. The first-order valence-corrected chi connectivity index (χ1v) is 7.10. The van der Waals surface area contributed by atoms with E-state index in [0.717, 1.165) is 6.42 Å². The molecule has 0 aliphatic rings. The van der Waals surface area contributed by atoms with Crippen LogP contribution >= 0.6 is 0 Å². The van der Waals surface area contributed by atoms with Crippen LogP contribution in [0.25, 0.3) is 0 Å². The van der Waals surface area contributed by atoms with E-state index >= 15 is 0 Å². The molecule has 0 aromatic heterocycles. The van der Waals surface area contributed by atoms with Gasteiger partial charge in [-0.05, 0) is 32.6 Å². The van der Waals surface area contributed by atoms with Gasteiger partial charge in [0, 0.05) is 31.5 Å². The Hall–Kier alpha value is -1.10. The molecule has 1 atom stereocenters. The fourth-order valence-corrected chi connectivity index (χ4v) is 2.18. The lowest BCUT2D eigenvalue weighted by Gasteiger charge is -2.31. The van der Waals surface area contributed by atoms with Gasteiger partial charge in [-0.3, -0.25) is 9.59 Å². The number of rotatable bonds is 9. The second kappa shape index (κ2) is 8.91. The van der Waals surface area contributed by atoms with E-state index in [-0.39, 0.29) is 17.4 Å². The van der Waals surface area contributed by atoms with Crippen molar-refractivity contribution in [3.8, 4) is 0 Å². The molecule has 4 N–H and O–H groups in total. The van der Waals surface area contributed by atoms with Crippen molar-refractivity contribution in [2.24, 2.45) is 11.7 Å². The molecule has 19 heavy (non-hydrogen) atoms. The average Bonchev–Trinajstić information content (AvgIpc) is 2.28. The highest BCUT2D eigenvalue weighted by molar-refractivity contribution is 5.79. The molecule has 0 aromatic rings. The van der Waals surface area contributed by atoms with E-state index in [1.54, 1.807) is 0 Å². The maximum absolute atomic E-state index is 11.8. The fourth-order valence-electron chi connectivity index (χ4n) is 2.18. The zero-order valence-corrected chi connectivity index (χ0v) is 12.7. The molecule has 0 bridgehead atoms. The number of nitrogens with two attached hydrogens (primary N) is 1. The van der Waals surface area contributed by atoms with Gasteiger partial charge in [-0.2, -0.15) is 0 Å². The van der Waals surface area contributed by atoms with E-state index in [1.165, 1.54) is 0 Å². The summed E-state index contributed by atoms with van der Waals surface area (Å²) in [7, 11) is 0. The van der Waals surface area contributed by atoms with Crippen molar-refractivity contribution < 1.29 is 9.59 Å². The van der Waals surface area contributed by atoms with Crippen molar-refractivity contribution in [1.82, 2.24) is 10.6 Å². The maximum Gasteiger partial charge on any atom is 0.220 e. The number of nitrogens with one attached hydrogen (secondary N) is 2. The molecule has 0 spiro atoms. The zero-order chi connectivity index (χ0) is 14.9. The molecule has 0 rings (SSSR count). The van der Waals surface area contributed by atoms with Crippen LogP contribution < -0.4 is 16.4 Å². The molecule has 5 nitrogen and oxygen atoms in total. The average molecular weight is 271 g/mol. The first-order valence-electron chi connectivity index (χ1n) is 7.10. The Balaban J connectivity index is 4.04. The largest absolute Gasteiger partial charge is 0.356 e. The van der Waals surface area contributed by atoms with Gasteiger partial charge in [-0.1, -0.05) is 13.8 Å². The number of amides is 2. The predicted octanol–water partition coefficient (Wildman–Crippen LogP) is 1.17. The summed E-state index contributed by atoms with van der Waals surface area (Å²) in [5, 5.41) is 5.70. The van der Waals surface area contributed by atoms with Crippen molar-refractivity contribution in [3.63, 3.8) is 0 Å². The first kappa shape index (κ1) is 17.9.